The minimum Gasteiger partial charge on any atom is -0.468 e. The van der Waals surface area contributed by atoms with Gasteiger partial charge in [0.1, 0.15) is 11.5 Å². The highest BCUT2D eigenvalue weighted by Crippen LogP contribution is 2.32. The normalized spacial score (nSPS) is 28.8. The maximum Gasteiger partial charge on any atom is 0.122 e. The lowest BCUT2D eigenvalue weighted by Crippen LogP contribution is -2.48. The minimum absolute atomic E-state index is 0.0437. The molecule has 1 saturated heterocycles. The van der Waals surface area contributed by atoms with Gasteiger partial charge in [-0.3, -0.25) is 0 Å². The van der Waals surface area contributed by atoms with Crippen molar-refractivity contribution in [2.45, 2.75) is 65.7 Å². The van der Waals surface area contributed by atoms with Crippen LogP contribution in [0.3, 0.4) is 0 Å². The third-order valence-electron chi connectivity index (χ3n) is 6.01. The fraction of sp³-hybridized carbons (Fsp3) is 0.680. The second kappa shape index (κ2) is 10.8. The second-order valence-electron chi connectivity index (χ2n) is 10.2. The van der Waals surface area contributed by atoms with Gasteiger partial charge < -0.3 is 28.9 Å². The predicted octanol–water partition coefficient (Wildman–Crippen LogP) is 4.96. The smallest absolute Gasteiger partial charge is 0.122 e. The molecule has 0 bridgehead atoms. The van der Waals surface area contributed by atoms with Crippen LogP contribution in [0.4, 0.5) is 0 Å². The first-order valence-corrected chi connectivity index (χ1v) is 11.5. The van der Waals surface area contributed by atoms with Crippen molar-refractivity contribution in [3.63, 3.8) is 0 Å². The van der Waals surface area contributed by atoms with Crippen LogP contribution in [-0.4, -0.2) is 38.5 Å². The highest BCUT2D eigenvalue weighted by Gasteiger charge is 2.35. The molecule has 2 N–H and O–H groups in total. The molecule has 0 spiro atoms. The van der Waals surface area contributed by atoms with Crippen molar-refractivity contribution in [1.82, 2.24) is 10.6 Å². The van der Waals surface area contributed by atoms with E-state index >= 15 is 0 Å². The molecule has 0 aromatic carbocycles. The predicted molar refractivity (Wildman–Crippen MR) is 122 cm³/mol. The van der Waals surface area contributed by atoms with E-state index in [-0.39, 0.29) is 29.6 Å². The summed E-state index contributed by atoms with van der Waals surface area (Å²) in [6, 6.07) is 7.99. The summed E-state index contributed by atoms with van der Waals surface area (Å²) in [5, 5.41) is 7.67. The fourth-order valence-corrected chi connectivity index (χ4v) is 3.92. The van der Waals surface area contributed by atoms with Crippen molar-refractivity contribution in [3.8, 4) is 0 Å². The van der Waals surface area contributed by atoms with E-state index in [0.717, 1.165) is 11.5 Å². The second-order valence-corrected chi connectivity index (χ2v) is 10.2. The summed E-state index contributed by atoms with van der Waals surface area (Å²) in [7, 11) is 0. The van der Waals surface area contributed by atoms with E-state index in [4.69, 9.17) is 18.3 Å². The summed E-state index contributed by atoms with van der Waals surface area (Å²) in [6.07, 6.45) is 3.45. The highest BCUT2D eigenvalue weighted by molar-refractivity contribution is 5.16. The maximum absolute atomic E-state index is 6.19. The molecule has 174 valence electrons. The molecule has 31 heavy (non-hydrogen) atoms. The zero-order chi connectivity index (χ0) is 22.4. The van der Waals surface area contributed by atoms with Gasteiger partial charge in [-0.05, 0) is 36.1 Å². The first-order chi connectivity index (χ1) is 14.8. The number of hydrogen-bond acceptors (Lipinski definition) is 6. The number of rotatable bonds is 4. The van der Waals surface area contributed by atoms with Gasteiger partial charge in [-0.2, -0.15) is 0 Å². The Kier molecular flexibility index (Phi) is 8.39. The van der Waals surface area contributed by atoms with Crippen molar-refractivity contribution < 1.29 is 18.3 Å². The standard InChI is InChI=1S/C25H40N2O4/c1-17(2)19-13-28-15-25(5,6)16-29-14-20(18(3)4)27-24(22-10-8-12-31-22)23(26-19)21-9-7-11-30-21/h7-12,17-20,23-24,26-27H,13-16H2,1-6H3/t19-,20-,23+,24+/m1/s1. The Labute approximate surface area is 187 Å². The molecule has 1 fully saturated rings. The Bertz CT molecular complexity index is 677. The summed E-state index contributed by atoms with van der Waals surface area (Å²) >= 11 is 0. The third-order valence-corrected chi connectivity index (χ3v) is 6.01. The van der Waals surface area contributed by atoms with Gasteiger partial charge in [-0.15, -0.1) is 0 Å². The average Bonchev–Trinajstić information content (AvgIpc) is 3.40. The van der Waals surface area contributed by atoms with Gasteiger partial charge in [-0.25, -0.2) is 0 Å². The number of hydrogen-bond donors (Lipinski definition) is 2. The Morgan fingerprint density at radius 1 is 0.774 bits per heavy atom. The third kappa shape index (κ3) is 6.69. The van der Waals surface area contributed by atoms with Crippen LogP contribution in [0.5, 0.6) is 0 Å². The molecule has 4 atom stereocenters. The van der Waals surface area contributed by atoms with Crippen molar-refractivity contribution in [3.05, 3.63) is 48.3 Å². The van der Waals surface area contributed by atoms with Crippen LogP contribution in [-0.2, 0) is 9.47 Å². The zero-order valence-electron chi connectivity index (χ0n) is 19.9. The van der Waals surface area contributed by atoms with Crippen LogP contribution in [0.1, 0.15) is 65.1 Å². The van der Waals surface area contributed by atoms with Crippen LogP contribution >= 0.6 is 0 Å². The number of ether oxygens (including phenoxy) is 2. The molecular weight excluding hydrogens is 392 g/mol. The van der Waals surface area contributed by atoms with Gasteiger partial charge >= 0.3 is 0 Å². The summed E-state index contributed by atoms with van der Waals surface area (Å²) in [4.78, 5) is 0. The topological polar surface area (TPSA) is 68.8 Å². The van der Waals surface area contributed by atoms with Gasteiger partial charge in [0.25, 0.3) is 0 Å². The van der Waals surface area contributed by atoms with E-state index in [0.29, 0.717) is 38.3 Å². The Morgan fingerprint density at radius 3 is 1.52 bits per heavy atom. The van der Waals surface area contributed by atoms with Gasteiger partial charge in [0.2, 0.25) is 0 Å². The van der Waals surface area contributed by atoms with Gasteiger partial charge in [0.05, 0.1) is 51.0 Å². The van der Waals surface area contributed by atoms with E-state index in [1.807, 2.05) is 24.3 Å². The Hall–Kier alpha value is -1.60. The van der Waals surface area contributed by atoms with Gasteiger partial charge in [-0.1, -0.05) is 41.5 Å². The molecule has 2 aromatic rings. The van der Waals surface area contributed by atoms with E-state index in [2.05, 4.69) is 52.2 Å². The molecule has 3 heterocycles. The Balaban J connectivity index is 1.98. The zero-order valence-corrected chi connectivity index (χ0v) is 19.9. The monoisotopic (exact) mass is 432 g/mol. The number of nitrogens with one attached hydrogen (secondary N) is 2. The molecule has 0 radical (unpaired) electrons. The van der Waals surface area contributed by atoms with Crippen molar-refractivity contribution in [2.75, 3.05) is 26.4 Å². The van der Waals surface area contributed by atoms with Crippen LogP contribution in [0.2, 0.25) is 0 Å². The molecule has 0 aliphatic carbocycles. The maximum atomic E-state index is 6.19. The molecule has 1 aliphatic heterocycles. The SMILES string of the molecule is CC(C)[C@H]1COCC(C)(C)COC[C@H](C(C)C)N[C@@H](c2ccco2)[C@H](c2ccco2)N1. The molecule has 0 saturated carbocycles. The molecule has 6 heteroatoms. The first kappa shape index (κ1) is 24.1. The van der Waals surface area contributed by atoms with E-state index in [9.17, 15) is 0 Å². The van der Waals surface area contributed by atoms with Gasteiger partial charge in [0.15, 0.2) is 0 Å². The molecule has 2 aromatic heterocycles. The van der Waals surface area contributed by atoms with Crippen molar-refractivity contribution >= 4 is 0 Å². The number of furan rings is 2. The molecule has 1 aliphatic rings. The van der Waals surface area contributed by atoms with Crippen LogP contribution < -0.4 is 10.6 Å². The van der Waals surface area contributed by atoms with Crippen LogP contribution in [0, 0.1) is 17.3 Å². The molecule has 0 unspecified atom stereocenters. The lowest BCUT2D eigenvalue weighted by atomic mass is 9.95. The van der Waals surface area contributed by atoms with Crippen LogP contribution in [0.15, 0.2) is 45.6 Å². The average molecular weight is 433 g/mol. The largest absolute Gasteiger partial charge is 0.468 e. The first-order valence-electron chi connectivity index (χ1n) is 11.5. The molecular formula is C25H40N2O4. The highest BCUT2D eigenvalue weighted by atomic mass is 16.5. The van der Waals surface area contributed by atoms with E-state index in [1.165, 1.54) is 0 Å². The summed E-state index contributed by atoms with van der Waals surface area (Å²) in [5.41, 5.74) is -0.0437. The van der Waals surface area contributed by atoms with E-state index < -0.39 is 0 Å². The lowest BCUT2D eigenvalue weighted by molar-refractivity contribution is -0.0175. The Morgan fingerprint density at radius 2 is 1.19 bits per heavy atom. The minimum atomic E-state index is -0.118. The lowest BCUT2D eigenvalue weighted by Gasteiger charge is -2.35. The molecule has 0 amide bonds. The fourth-order valence-electron chi connectivity index (χ4n) is 3.92. The van der Waals surface area contributed by atoms with E-state index in [1.54, 1.807) is 12.5 Å². The van der Waals surface area contributed by atoms with Crippen LogP contribution in [0.25, 0.3) is 0 Å². The quantitative estimate of drug-likeness (QED) is 0.712. The van der Waals surface area contributed by atoms with Crippen molar-refractivity contribution in [2.24, 2.45) is 17.3 Å². The van der Waals surface area contributed by atoms with Gasteiger partial charge in [0, 0.05) is 17.5 Å². The molecule has 3 rings (SSSR count). The summed E-state index contributed by atoms with van der Waals surface area (Å²) < 4.78 is 24.2. The summed E-state index contributed by atoms with van der Waals surface area (Å²) in [6.45, 7) is 15.8. The summed E-state index contributed by atoms with van der Waals surface area (Å²) in [5.74, 6) is 2.52. The van der Waals surface area contributed by atoms with Crippen molar-refractivity contribution in [1.29, 1.82) is 0 Å². The molecule has 6 nitrogen and oxygen atoms in total.